The fraction of sp³-hybridized carbons (Fsp3) is 0.333. The van der Waals surface area contributed by atoms with Crippen molar-refractivity contribution in [1.29, 1.82) is 0 Å². The predicted octanol–water partition coefficient (Wildman–Crippen LogP) is 2.71. The highest BCUT2D eigenvalue weighted by molar-refractivity contribution is 7.17. The van der Waals surface area contributed by atoms with Crippen molar-refractivity contribution in [3.05, 3.63) is 38.3 Å². The summed E-state index contributed by atoms with van der Waals surface area (Å²) in [7, 11) is 0. The minimum absolute atomic E-state index is 0.0781. The number of amides is 1. The second kappa shape index (κ2) is 5.54. The molecule has 96 valence electrons. The van der Waals surface area contributed by atoms with E-state index in [9.17, 15) is 4.79 Å². The molecule has 2 N–H and O–H groups in total. The number of rotatable bonds is 4. The number of carbonyl (C=O) groups is 1. The van der Waals surface area contributed by atoms with Crippen LogP contribution in [0, 0.1) is 13.8 Å². The van der Waals surface area contributed by atoms with Crippen molar-refractivity contribution in [1.82, 2.24) is 15.5 Å². The van der Waals surface area contributed by atoms with Crippen LogP contribution in [-0.2, 0) is 6.42 Å². The number of H-pyrrole nitrogens is 1. The third-order valence-corrected chi connectivity index (χ3v) is 3.97. The number of carbonyl (C=O) groups excluding carboxylic acids is 1. The van der Waals surface area contributed by atoms with Crippen molar-refractivity contribution in [2.24, 2.45) is 0 Å². The summed E-state index contributed by atoms with van der Waals surface area (Å²) in [4.78, 5) is 12.4. The van der Waals surface area contributed by atoms with Gasteiger partial charge >= 0.3 is 0 Å². The highest BCUT2D eigenvalue weighted by Gasteiger charge is 2.09. The van der Waals surface area contributed by atoms with Crippen LogP contribution < -0.4 is 5.32 Å². The van der Waals surface area contributed by atoms with E-state index in [1.807, 2.05) is 13.8 Å². The van der Waals surface area contributed by atoms with E-state index in [4.69, 9.17) is 11.6 Å². The molecular formula is C12H14ClN3OS. The molecular weight excluding hydrogens is 270 g/mol. The Balaban J connectivity index is 1.88. The summed E-state index contributed by atoms with van der Waals surface area (Å²) < 4.78 is 0.627. The summed E-state index contributed by atoms with van der Waals surface area (Å²) >= 11 is 7.07. The van der Waals surface area contributed by atoms with Gasteiger partial charge < -0.3 is 5.32 Å². The van der Waals surface area contributed by atoms with Crippen LogP contribution in [0.4, 0.5) is 0 Å². The number of nitrogens with zero attached hydrogens (tertiary/aromatic N) is 1. The number of nitrogens with one attached hydrogen (secondary N) is 2. The van der Waals surface area contributed by atoms with E-state index in [1.54, 1.807) is 12.1 Å². The molecule has 0 atom stereocenters. The molecule has 0 aliphatic carbocycles. The first-order chi connectivity index (χ1) is 8.58. The fourth-order valence-electron chi connectivity index (χ4n) is 1.77. The Morgan fingerprint density at radius 3 is 2.83 bits per heavy atom. The van der Waals surface area contributed by atoms with E-state index in [-0.39, 0.29) is 5.91 Å². The van der Waals surface area contributed by atoms with Gasteiger partial charge in [0.1, 0.15) is 0 Å². The van der Waals surface area contributed by atoms with Gasteiger partial charge in [-0.1, -0.05) is 11.6 Å². The van der Waals surface area contributed by atoms with Crippen molar-refractivity contribution in [2.45, 2.75) is 20.3 Å². The molecule has 0 spiro atoms. The van der Waals surface area contributed by atoms with E-state index in [0.717, 1.165) is 17.8 Å². The summed E-state index contributed by atoms with van der Waals surface area (Å²) in [6, 6.07) is 3.46. The Kier molecular flexibility index (Phi) is 4.04. The van der Waals surface area contributed by atoms with Crippen molar-refractivity contribution in [3.63, 3.8) is 0 Å². The van der Waals surface area contributed by atoms with Crippen molar-refractivity contribution in [3.8, 4) is 0 Å². The topological polar surface area (TPSA) is 57.8 Å². The number of thiophene rings is 1. The molecule has 0 fully saturated rings. The van der Waals surface area contributed by atoms with Crippen molar-refractivity contribution in [2.75, 3.05) is 6.54 Å². The van der Waals surface area contributed by atoms with Crippen LogP contribution in [0.3, 0.4) is 0 Å². The summed E-state index contributed by atoms with van der Waals surface area (Å²) in [6.45, 7) is 4.53. The van der Waals surface area contributed by atoms with Crippen LogP contribution >= 0.6 is 22.9 Å². The highest BCUT2D eigenvalue weighted by atomic mass is 35.5. The number of hydrogen-bond donors (Lipinski definition) is 2. The quantitative estimate of drug-likeness (QED) is 0.906. The van der Waals surface area contributed by atoms with Crippen LogP contribution in [0.1, 0.15) is 26.6 Å². The number of aryl methyl sites for hydroxylation is 2. The van der Waals surface area contributed by atoms with Gasteiger partial charge in [0.2, 0.25) is 0 Å². The Bertz CT molecular complexity index is 542. The second-order valence-electron chi connectivity index (χ2n) is 4.02. The molecule has 6 heteroatoms. The first-order valence-corrected chi connectivity index (χ1v) is 6.81. The van der Waals surface area contributed by atoms with E-state index >= 15 is 0 Å². The molecule has 1 amide bonds. The van der Waals surface area contributed by atoms with Crippen molar-refractivity contribution < 1.29 is 4.79 Å². The summed E-state index contributed by atoms with van der Waals surface area (Å²) in [5, 5.41) is 9.93. The Morgan fingerprint density at radius 2 is 2.28 bits per heavy atom. The summed E-state index contributed by atoms with van der Waals surface area (Å²) in [5.41, 5.74) is 3.21. The number of halogens is 1. The number of aromatic amines is 1. The molecule has 0 aliphatic heterocycles. The lowest BCUT2D eigenvalue weighted by molar-refractivity contribution is 0.0958. The van der Waals surface area contributed by atoms with Crippen LogP contribution in [0.2, 0.25) is 4.34 Å². The third-order valence-electron chi connectivity index (χ3n) is 2.74. The lowest BCUT2D eigenvalue weighted by atomic mass is 10.1. The van der Waals surface area contributed by atoms with E-state index in [1.165, 1.54) is 16.9 Å². The third kappa shape index (κ3) is 2.91. The van der Waals surface area contributed by atoms with Gasteiger partial charge in [-0.05, 0) is 38.0 Å². The zero-order valence-corrected chi connectivity index (χ0v) is 11.8. The molecule has 2 rings (SSSR count). The van der Waals surface area contributed by atoms with Gasteiger partial charge in [-0.3, -0.25) is 9.89 Å². The van der Waals surface area contributed by atoms with Crippen molar-refractivity contribution >= 4 is 28.8 Å². The van der Waals surface area contributed by atoms with Gasteiger partial charge in [-0.2, -0.15) is 5.10 Å². The average molecular weight is 284 g/mol. The van der Waals surface area contributed by atoms with Gasteiger partial charge in [0.15, 0.2) is 0 Å². The first kappa shape index (κ1) is 13.1. The van der Waals surface area contributed by atoms with Gasteiger partial charge in [-0.25, -0.2) is 0 Å². The molecule has 0 aromatic carbocycles. The van der Waals surface area contributed by atoms with E-state index < -0.39 is 0 Å². The van der Waals surface area contributed by atoms with Crippen LogP contribution in [0.15, 0.2) is 12.1 Å². The standard InChI is InChI=1S/C12H14ClN3OS/c1-7-9(8(2)16-15-7)5-6-14-12(17)10-3-4-11(13)18-10/h3-4H,5-6H2,1-2H3,(H,14,17)(H,15,16). The van der Waals surface area contributed by atoms with Gasteiger partial charge in [0.05, 0.1) is 14.9 Å². The average Bonchev–Trinajstić information content (AvgIpc) is 2.89. The summed E-state index contributed by atoms with van der Waals surface area (Å²) in [5.74, 6) is -0.0781. The molecule has 2 heterocycles. The Labute approximate surface area is 114 Å². The van der Waals surface area contributed by atoms with Crippen LogP contribution in [-0.4, -0.2) is 22.6 Å². The first-order valence-electron chi connectivity index (χ1n) is 5.62. The lowest BCUT2D eigenvalue weighted by Crippen LogP contribution is -2.25. The van der Waals surface area contributed by atoms with Gasteiger partial charge in [0, 0.05) is 12.2 Å². The maximum atomic E-state index is 11.8. The SMILES string of the molecule is Cc1n[nH]c(C)c1CCNC(=O)c1ccc(Cl)s1. The smallest absolute Gasteiger partial charge is 0.261 e. The van der Waals surface area contributed by atoms with Crippen LogP contribution in [0.5, 0.6) is 0 Å². The second-order valence-corrected chi connectivity index (χ2v) is 5.74. The zero-order valence-electron chi connectivity index (χ0n) is 10.2. The molecule has 2 aromatic rings. The molecule has 0 aliphatic rings. The largest absolute Gasteiger partial charge is 0.351 e. The minimum atomic E-state index is -0.0781. The molecule has 0 saturated carbocycles. The molecule has 4 nitrogen and oxygen atoms in total. The minimum Gasteiger partial charge on any atom is -0.351 e. The maximum Gasteiger partial charge on any atom is 0.261 e. The zero-order chi connectivity index (χ0) is 13.1. The fourth-order valence-corrected chi connectivity index (χ4v) is 2.73. The molecule has 0 saturated heterocycles. The molecule has 18 heavy (non-hydrogen) atoms. The monoisotopic (exact) mass is 283 g/mol. The molecule has 0 radical (unpaired) electrons. The summed E-state index contributed by atoms with van der Waals surface area (Å²) in [6.07, 6.45) is 0.777. The molecule has 0 bridgehead atoms. The predicted molar refractivity (Wildman–Crippen MR) is 73.4 cm³/mol. The van der Waals surface area contributed by atoms with E-state index in [2.05, 4.69) is 15.5 Å². The van der Waals surface area contributed by atoms with Crippen LogP contribution in [0.25, 0.3) is 0 Å². The lowest BCUT2D eigenvalue weighted by Gasteiger charge is -2.03. The maximum absolute atomic E-state index is 11.8. The molecule has 0 unspecified atom stereocenters. The van der Waals surface area contributed by atoms with Gasteiger partial charge in [-0.15, -0.1) is 11.3 Å². The number of aromatic nitrogens is 2. The van der Waals surface area contributed by atoms with E-state index in [0.29, 0.717) is 15.8 Å². The molecule has 2 aromatic heterocycles. The Morgan fingerprint density at radius 1 is 1.50 bits per heavy atom. The Hall–Kier alpha value is -1.33. The normalized spacial score (nSPS) is 10.6. The van der Waals surface area contributed by atoms with Gasteiger partial charge in [0.25, 0.3) is 5.91 Å². The number of hydrogen-bond acceptors (Lipinski definition) is 3. The highest BCUT2D eigenvalue weighted by Crippen LogP contribution is 2.21.